The van der Waals surface area contributed by atoms with Crippen molar-refractivity contribution in [3.63, 3.8) is 0 Å². The molecule has 0 spiro atoms. The van der Waals surface area contributed by atoms with Crippen LogP contribution in [0, 0.1) is 18.7 Å². The van der Waals surface area contributed by atoms with E-state index in [0.29, 0.717) is 42.5 Å². The Hall–Kier alpha value is -2.45. The molecule has 3 N–H and O–H groups in total. The highest BCUT2D eigenvalue weighted by Gasteiger charge is 2.27. The van der Waals surface area contributed by atoms with Gasteiger partial charge < -0.3 is 0 Å². The fraction of sp³-hybridized carbons (Fsp3) is 0.381. The lowest BCUT2D eigenvalue weighted by Gasteiger charge is -2.25. The van der Waals surface area contributed by atoms with Crippen molar-refractivity contribution < 1.29 is 22.8 Å². The van der Waals surface area contributed by atoms with E-state index in [2.05, 4.69) is 4.72 Å². The number of benzene rings is 2. The zero-order valence-electron chi connectivity index (χ0n) is 16.5. The minimum atomic E-state index is -3.37. The lowest BCUT2D eigenvalue weighted by atomic mass is 9.80. The molecule has 0 fully saturated rings. The van der Waals surface area contributed by atoms with Gasteiger partial charge in [0.05, 0.1) is 5.75 Å². The van der Waals surface area contributed by atoms with Crippen LogP contribution in [-0.4, -0.2) is 25.3 Å². The van der Waals surface area contributed by atoms with E-state index in [0.717, 1.165) is 16.7 Å². The largest absolute Gasteiger partial charge is 0.289 e. The molecular formula is C21H25FN2O4S. The summed E-state index contributed by atoms with van der Waals surface area (Å²) in [6, 6.07) is 8.96. The number of hydroxylamine groups is 1. The van der Waals surface area contributed by atoms with Crippen LogP contribution >= 0.6 is 0 Å². The predicted molar refractivity (Wildman–Crippen MR) is 109 cm³/mol. The van der Waals surface area contributed by atoms with Crippen LogP contribution in [0.3, 0.4) is 0 Å². The maximum absolute atomic E-state index is 15.0. The van der Waals surface area contributed by atoms with Gasteiger partial charge in [-0.2, -0.15) is 0 Å². The Kier molecular flexibility index (Phi) is 6.24. The summed E-state index contributed by atoms with van der Waals surface area (Å²) in [6.07, 6.45) is 1.76. The van der Waals surface area contributed by atoms with Crippen molar-refractivity contribution in [1.29, 1.82) is 0 Å². The topological polar surface area (TPSA) is 95.5 Å². The summed E-state index contributed by atoms with van der Waals surface area (Å²) < 4.78 is 41.1. The SMILES string of the molecule is CCS(=O)(=O)Nc1cccc(Cc2cc3c(c(F)c2C)CCC(C(=O)NO)C3)c1. The molecule has 0 saturated carbocycles. The first-order chi connectivity index (χ1) is 13.7. The minimum absolute atomic E-state index is 0.0189. The number of anilines is 1. The Morgan fingerprint density at radius 3 is 2.76 bits per heavy atom. The van der Waals surface area contributed by atoms with Crippen LogP contribution in [0.1, 0.15) is 41.2 Å². The van der Waals surface area contributed by atoms with E-state index >= 15 is 0 Å². The Morgan fingerprint density at radius 1 is 1.31 bits per heavy atom. The lowest BCUT2D eigenvalue weighted by Crippen LogP contribution is -2.32. The maximum atomic E-state index is 15.0. The van der Waals surface area contributed by atoms with Gasteiger partial charge in [-0.25, -0.2) is 18.3 Å². The average molecular weight is 421 g/mol. The number of hydrogen-bond donors (Lipinski definition) is 3. The van der Waals surface area contributed by atoms with E-state index in [-0.39, 0.29) is 17.5 Å². The van der Waals surface area contributed by atoms with Gasteiger partial charge >= 0.3 is 0 Å². The third kappa shape index (κ3) is 4.76. The van der Waals surface area contributed by atoms with Gasteiger partial charge in [-0.3, -0.25) is 14.7 Å². The second-order valence-electron chi connectivity index (χ2n) is 7.41. The van der Waals surface area contributed by atoms with Crippen LogP contribution in [-0.2, 0) is 34.1 Å². The molecule has 0 aromatic heterocycles. The zero-order valence-corrected chi connectivity index (χ0v) is 17.3. The molecule has 1 atom stereocenters. The molecule has 1 amide bonds. The lowest BCUT2D eigenvalue weighted by molar-refractivity contribution is -0.133. The Morgan fingerprint density at radius 2 is 2.07 bits per heavy atom. The molecule has 2 aromatic rings. The van der Waals surface area contributed by atoms with Gasteiger partial charge in [-0.1, -0.05) is 18.2 Å². The van der Waals surface area contributed by atoms with Gasteiger partial charge in [-0.05, 0) is 79.5 Å². The second kappa shape index (κ2) is 8.51. The zero-order chi connectivity index (χ0) is 21.2. The molecule has 1 aliphatic rings. The van der Waals surface area contributed by atoms with Crippen molar-refractivity contribution in [1.82, 2.24) is 5.48 Å². The highest BCUT2D eigenvalue weighted by atomic mass is 32.2. The van der Waals surface area contributed by atoms with Gasteiger partial charge in [0.1, 0.15) is 5.82 Å². The summed E-state index contributed by atoms with van der Waals surface area (Å²) in [5, 5.41) is 8.89. The number of hydrogen-bond acceptors (Lipinski definition) is 4. The molecular weight excluding hydrogens is 395 g/mol. The monoisotopic (exact) mass is 420 g/mol. The summed E-state index contributed by atoms with van der Waals surface area (Å²) in [6.45, 7) is 3.30. The number of halogens is 1. The number of fused-ring (bicyclic) bond motifs is 1. The molecule has 3 rings (SSSR count). The Labute approximate surface area is 170 Å². The summed E-state index contributed by atoms with van der Waals surface area (Å²) in [5.41, 5.74) is 5.79. The molecule has 0 saturated heterocycles. The standard InChI is InChI=1S/C21H25FN2O4S/c1-3-29(27,28)24-18-6-4-5-14(10-18)9-16-12-17-11-15(21(25)23-26)7-8-19(17)20(22)13(16)2/h4-6,10,12,15,24,26H,3,7-9,11H2,1-2H3,(H,23,25). The fourth-order valence-electron chi connectivity index (χ4n) is 3.77. The number of rotatable bonds is 6. The molecule has 0 radical (unpaired) electrons. The number of sulfonamides is 1. The molecule has 1 aliphatic carbocycles. The highest BCUT2D eigenvalue weighted by Crippen LogP contribution is 2.32. The van der Waals surface area contributed by atoms with E-state index in [4.69, 9.17) is 5.21 Å². The third-order valence-corrected chi connectivity index (χ3v) is 6.78. The van der Waals surface area contributed by atoms with Crippen molar-refractivity contribution in [2.24, 2.45) is 5.92 Å². The van der Waals surface area contributed by atoms with E-state index < -0.39 is 15.9 Å². The summed E-state index contributed by atoms with van der Waals surface area (Å²) in [5.74, 6) is -1.10. The summed E-state index contributed by atoms with van der Waals surface area (Å²) in [4.78, 5) is 11.8. The molecule has 1 unspecified atom stereocenters. The van der Waals surface area contributed by atoms with Gasteiger partial charge in [0.2, 0.25) is 15.9 Å². The van der Waals surface area contributed by atoms with Crippen molar-refractivity contribution in [2.75, 3.05) is 10.5 Å². The van der Waals surface area contributed by atoms with Crippen LogP contribution in [0.5, 0.6) is 0 Å². The third-order valence-electron chi connectivity index (χ3n) is 5.48. The van der Waals surface area contributed by atoms with Crippen LogP contribution in [0.4, 0.5) is 10.1 Å². The molecule has 0 bridgehead atoms. The van der Waals surface area contributed by atoms with Crippen LogP contribution in [0.25, 0.3) is 0 Å². The number of amides is 1. The van der Waals surface area contributed by atoms with Crippen molar-refractivity contribution in [3.05, 3.63) is 64.0 Å². The quantitative estimate of drug-likeness (QED) is 0.494. The van der Waals surface area contributed by atoms with Crippen molar-refractivity contribution in [3.8, 4) is 0 Å². The second-order valence-corrected chi connectivity index (χ2v) is 9.42. The predicted octanol–water partition coefficient (Wildman–Crippen LogP) is 3.10. The molecule has 0 heterocycles. The summed E-state index contributed by atoms with van der Waals surface area (Å²) >= 11 is 0. The van der Waals surface area contributed by atoms with Crippen LogP contribution < -0.4 is 10.2 Å². The average Bonchev–Trinajstić information content (AvgIpc) is 2.70. The van der Waals surface area contributed by atoms with Gasteiger partial charge in [0, 0.05) is 11.6 Å². The molecule has 29 heavy (non-hydrogen) atoms. The van der Waals surface area contributed by atoms with Crippen LogP contribution in [0.2, 0.25) is 0 Å². The Bertz CT molecular complexity index is 1040. The molecule has 8 heteroatoms. The van der Waals surface area contributed by atoms with E-state index in [1.54, 1.807) is 37.5 Å². The number of nitrogens with one attached hydrogen (secondary N) is 2. The van der Waals surface area contributed by atoms with Crippen LogP contribution in [0.15, 0.2) is 30.3 Å². The molecule has 0 aliphatic heterocycles. The van der Waals surface area contributed by atoms with E-state index in [1.165, 1.54) is 0 Å². The molecule has 2 aromatic carbocycles. The van der Waals surface area contributed by atoms with Gasteiger partial charge in [-0.15, -0.1) is 0 Å². The Balaban J connectivity index is 1.89. The fourth-order valence-corrected chi connectivity index (χ4v) is 4.40. The van der Waals surface area contributed by atoms with Gasteiger partial charge in [0.25, 0.3) is 0 Å². The van der Waals surface area contributed by atoms with Crippen molar-refractivity contribution in [2.45, 2.75) is 39.5 Å². The molecule has 6 nitrogen and oxygen atoms in total. The first kappa shape index (κ1) is 21.3. The number of carbonyl (C=O) groups excluding carboxylic acids is 1. The first-order valence-electron chi connectivity index (χ1n) is 9.57. The van der Waals surface area contributed by atoms with E-state index in [9.17, 15) is 17.6 Å². The first-order valence-corrected chi connectivity index (χ1v) is 11.2. The highest BCUT2D eigenvalue weighted by molar-refractivity contribution is 7.92. The van der Waals surface area contributed by atoms with Gasteiger partial charge in [0.15, 0.2) is 0 Å². The normalized spacial score (nSPS) is 16.2. The van der Waals surface area contributed by atoms with Crippen molar-refractivity contribution >= 4 is 21.6 Å². The molecule has 156 valence electrons. The number of carbonyl (C=O) groups is 1. The summed E-state index contributed by atoms with van der Waals surface area (Å²) in [7, 11) is -3.37. The minimum Gasteiger partial charge on any atom is -0.289 e. The van der Waals surface area contributed by atoms with E-state index in [1.807, 2.05) is 12.1 Å². The smallest absolute Gasteiger partial charge is 0.246 e. The maximum Gasteiger partial charge on any atom is 0.246 e.